The van der Waals surface area contributed by atoms with Gasteiger partial charge in [-0.15, -0.1) is 11.3 Å². The van der Waals surface area contributed by atoms with Gasteiger partial charge in [0.25, 0.3) is 0 Å². The van der Waals surface area contributed by atoms with Crippen LogP contribution in [0.5, 0.6) is 0 Å². The molecule has 0 fully saturated rings. The summed E-state index contributed by atoms with van der Waals surface area (Å²) in [4.78, 5) is 27.4. The van der Waals surface area contributed by atoms with Gasteiger partial charge in [-0.25, -0.2) is 4.79 Å². The minimum atomic E-state index is -1.07. The molecule has 2 N–H and O–H groups in total. The molecule has 0 saturated carbocycles. The van der Waals surface area contributed by atoms with Gasteiger partial charge in [0.2, 0.25) is 5.91 Å². The fourth-order valence-corrected chi connectivity index (χ4v) is 2.25. The summed E-state index contributed by atoms with van der Waals surface area (Å²) in [5.74, 6) is -1.22. The largest absolute Gasteiger partial charge is 0.478 e. The molecule has 0 aromatic carbocycles. The van der Waals surface area contributed by atoms with Gasteiger partial charge in [-0.3, -0.25) is 9.78 Å². The number of rotatable bonds is 5. The lowest BCUT2D eigenvalue weighted by molar-refractivity contribution is -0.116. The number of anilines is 1. The first kappa shape index (κ1) is 13.2. The number of nitrogens with one attached hydrogen (secondary N) is 1. The summed E-state index contributed by atoms with van der Waals surface area (Å²) < 4.78 is 0. The molecule has 19 heavy (non-hydrogen) atoms. The molecule has 0 aliphatic carbocycles. The van der Waals surface area contributed by atoms with Crippen molar-refractivity contribution in [3.05, 3.63) is 46.4 Å². The summed E-state index contributed by atoms with van der Waals surface area (Å²) in [6.07, 6.45) is 3.70. The van der Waals surface area contributed by atoms with E-state index in [4.69, 9.17) is 5.11 Å². The number of thiophene rings is 1. The van der Waals surface area contributed by atoms with E-state index in [2.05, 4.69) is 10.3 Å². The predicted molar refractivity (Wildman–Crippen MR) is 72.5 cm³/mol. The van der Waals surface area contributed by atoms with E-state index in [1.54, 1.807) is 11.3 Å². The molecule has 0 aliphatic heterocycles. The maximum Gasteiger partial charge on any atom is 0.337 e. The number of pyridine rings is 1. The molecule has 2 aromatic heterocycles. The number of carboxylic acids is 1. The van der Waals surface area contributed by atoms with Crippen LogP contribution in [0.15, 0.2) is 36.0 Å². The van der Waals surface area contributed by atoms with Gasteiger partial charge in [-0.2, -0.15) is 0 Å². The third-order valence-electron chi connectivity index (χ3n) is 2.45. The Kier molecular flexibility index (Phi) is 4.25. The molecule has 6 heteroatoms. The van der Waals surface area contributed by atoms with E-state index >= 15 is 0 Å². The highest BCUT2D eigenvalue weighted by Gasteiger charge is 2.07. The zero-order chi connectivity index (χ0) is 13.7. The van der Waals surface area contributed by atoms with E-state index < -0.39 is 5.97 Å². The molecule has 5 nitrogen and oxygen atoms in total. The first-order valence-corrected chi connectivity index (χ1v) is 6.53. The van der Waals surface area contributed by atoms with E-state index in [1.807, 2.05) is 17.5 Å². The normalized spacial score (nSPS) is 10.1. The number of aromatic nitrogens is 1. The fourth-order valence-electron chi connectivity index (χ4n) is 1.54. The second-order valence-electron chi connectivity index (χ2n) is 3.89. The van der Waals surface area contributed by atoms with Crippen LogP contribution in [-0.2, 0) is 11.2 Å². The number of amides is 1. The first-order valence-electron chi connectivity index (χ1n) is 5.66. The molecular formula is C13H12N2O3S. The van der Waals surface area contributed by atoms with Crippen molar-refractivity contribution >= 4 is 28.9 Å². The zero-order valence-corrected chi connectivity index (χ0v) is 10.8. The van der Waals surface area contributed by atoms with E-state index in [9.17, 15) is 9.59 Å². The summed E-state index contributed by atoms with van der Waals surface area (Å²) in [5, 5.41) is 13.4. The molecule has 0 bridgehead atoms. The molecule has 1 amide bonds. The smallest absolute Gasteiger partial charge is 0.337 e. The molecule has 0 radical (unpaired) electrons. The van der Waals surface area contributed by atoms with Gasteiger partial charge < -0.3 is 10.4 Å². The van der Waals surface area contributed by atoms with Gasteiger partial charge in [0.15, 0.2) is 0 Å². The molecule has 0 aliphatic rings. The van der Waals surface area contributed by atoms with Gasteiger partial charge >= 0.3 is 5.97 Å². The second kappa shape index (κ2) is 6.10. The van der Waals surface area contributed by atoms with E-state index in [0.29, 0.717) is 18.5 Å². The minimum Gasteiger partial charge on any atom is -0.478 e. The number of carboxylic acid groups (broad SMARTS) is 1. The van der Waals surface area contributed by atoms with Crippen molar-refractivity contribution in [3.8, 4) is 0 Å². The molecule has 98 valence electrons. The number of carbonyl (C=O) groups excluding carboxylic acids is 1. The maximum atomic E-state index is 11.7. The van der Waals surface area contributed by atoms with Gasteiger partial charge in [0.1, 0.15) is 0 Å². The Morgan fingerprint density at radius 1 is 1.37 bits per heavy atom. The van der Waals surface area contributed by atoms with Crippen molar-refractivity contribution in [2.45, 2.75) is 12.8 Å². The monoisotopic (exact) mass is 276 g/mol. The van der Waals surface area contributed by atoms with Crippen molar-refractivity contribution in [1.82, 2.24) is 4.98 Å². The summed E-state index contributed by atoms with van der Waals surface area (Å²) in [6.45, 7) is 0. The number of nitrogens with zero attached hydrogens (tertiary/aromatic N) is 1. The molecule has 0 spiro atoms. The van der Waals surface area contributed by atoms with Crippen LogP contribution < -0.4 is 5.32 Å². The van der Waals surface area contributed by atoms with Crippen molar-refractivity contribution in [1.29, 1.82) is 0 Å². The molecule has 0 atom stereocenters. The van der Waals surface area contributed by atoms with Crippen LogP contribution in [0.1, 0.15) is 21.7 Å². The Bertz CT molecular complexity index is 581. The highest BCUT2D eigenvalue weighted by molar-refractivity contribution is 7.09. The Labute approximate surface area is 113 Å². The average Bonchev–Trinajstić information content (AvgIpc) is 2.90. The van der Waals surface area contributed by atoms with E-state index in [0.717, 1.165) is 4.88 Å². The molecule has 2 aromatic rings. The fraction of sp³-hybridized carbons (Fsp3) is 0.154. The highest BCUT2D eigenvalue weighted by atomic mass is 32.1. The Morgan fingerprint density at radius 2 is 2.21 bits per heavy atom. The molecule has 0 saturated heterocycles. The maximum absolute atomic E-state index is 11.7. The number of hydrogen-bond donors (Lipinski definition) is 2. The SMILES string of the molecule is O=C(CCc1cccs1)Nc1cncc(C(=O)O)c1. The van der Waals surface area contributed by atoms with Gasteiger partial charge in [0.05, 0.1) is 17.4 Å². The Hall–Kier alpha value is -2.21. The van der Waals surface area contributed by atoms with Crippen LogP contribution in [0, 0.1) is 0 Å². The van der Waals surface area contributed by atoms with Crippen molar-refractivity contribution < 1.29 is 14.7 Å². The third kappa shape index (κ3) is 3.89. The lowest BCUT2D eigenvalue weighted by Crippen LogP contribution is -2.13. The zero-order valence-electron chi connectivity index (χ0n) is 10.00. The lowest BCUT2D eigenvalue weighted by Gasteiger charge is -2.04. The number of aromatic carboxylic acids is 1. The topological polar surface area (TPSA) is 79.3 Å². The van der Waals surface area contributed by atoms with Gasteiger partial charge in [-0.05, 0) is 23.9 Å². The molecule has 2 heterocycles. The average molecular weight is 276 g/mol. The first-order chi connectivity index (χ1) is 9.15. The Morgan fingerprint density at radius 3 is 2.89 bits per heavy atom. The van der Waals surface area contributed by atoms with Crippen LogP contribution in [0.3, 0.4) is 0 Å². The van der Waals surface area contributed by atoms with Crippen LogP contribution in [0.4, 0.5) is 5.69 Å². The standard InChI is InChI=1S/C13H12N2O3S/c16-12(4-3-11-2-1-5-19-11)15-10-6-9(13(17)18)7-14-8-10/h1-2,5-8H,3-4H2,(H,15,16)(H,17,18). The third-order valence-corrected chi connectivity index (χ3v) is 3.38. The molecular weight excluding hydrogens is 264 g/mol. The predicted octanol–water partition coefficient (Wildman–Crippen LogP) is 2.41. The second-order valence-corrected chi connectivity index (χ2v) is 4.93. The van der Waals surface area contributed by atoms with Crippen molar-refractivity contribution in [2.24, 2.45) is 0 Å². The van der Waals surface area contributed by atoms with Crippen LogP contribution in [-0.4, -0.2) is 22.0 Å². The lowest BCUT2D eigenvalue weighted by atomic mass is 10.2. The van der Waals surface area contributed by atoms with Gasteiger partial charge in [-0.1, -0.05) is 6.07 Å². The number of aryl methyl sites for hydroxylation is 1. The van der Waals surface area contributed by atoms with Crippen molar-refractivity contribution in [2.75, 3.05) is 5.32 Å². The molecule has 0 unspecified atom stereocenters. The van der Waals surface area contributed by atoms with E-state index in [-0.39, 0.29) is 11.5 Å². The van der Waals surface area contributed by atoms with E-state index in [1.165, 1.54) is 18.5 Å². The highest BCUT2D eigenvalue weighted by Crippen LogP contribution is 2.12. The molecule has 2 rings (SSSR count). The summed E-state index contributed by atoms with van der Waals surface area (Å²) in [7, 11) is 0. The summed E-state index contributed by atoms with van der Waals surface area (Å²) >= 11 is 1.61. The summed E-state index contributed by atoms with van der Waals surface area (Å²) in [6, 6.07) is 5.31. The number of carbonyl (C=O) groups is 2. The summed E-state index contributed by atoms with van der Waals surface area (Å²) in [5.41, 5.74) is 0.451. The minimum absolute atomic E-state index is 0.0519. The van der Waals surface area contributed by atoms with Crippen LogP contribution >= 0.6 is 11.3 Å². The van der Waals surface area contributed by atoms with Crippen LogP contribution in [0.2, 0.25) is 0 Å². The Balaban J connectivity index is 1.91. The number of hydrogen-bond acceptors (Lipinski definition) is 4. The van der Waals surface area contributed by atoms with Gasteiger partial charge in [0, 0.05) is 17.5 Å². The quantitative estimate of drug-likeness (QED) is 0.879. The van der Waals surface area contributed by atoms with Crippen molar-refractivity contribution in [3.63, 3.8) is 0 Å². The van der Waals surface area contributed by atoms with Crippen LogP contribution in [0.25, 0.3) is 0 Å².